The van der Waals surface area contributed by atoms with Crippen molar-refractivity contribution in [3.05, 3.63) is 66.2 Å². The largest absolute Gasteiger partial charge is 0.446 e. The van der Waals surface area contributed by atoms with Gasteiger partial charge in [-0.25, -0.2) is 13.2 Å². The third kappa shape index (κ3) is 6.70. The van der Waals surface area contributed by atoms with Gasteiger partial charge < -0.3 is 10.1 Å². The molecule has 3 amide bonds. The van der Waals surface area contributed by atoms with Crippen molar-refractivity contribution in [3.8, 4) is 0 Å². The Morgan fingerprint density at radius 2 is 1.55 bits per heavy atom. The fraction of sp³-hybridized carbons (Fsp3) is 0.211. The first-order chi connectivity index (χ1) is 13.8. The summed E-state index contributed by atoms with van der Waals surface area (Å²) < 4.78 is 31.7. The quantitative estimate of drug-likeness (QED) is 0.549. The lowest BCUT2D eigenvalue weighted by Crippen LogP contribution is -2.43. The highest BCUT2D eigenvalue weighted by Crippen LogP contribution is 2.18. The van der Waals surface area contributed by atoms with Crippen LogP contribution in [0.2, 0.25) is 0 Å². The van der Waals surface area contributed by atoms with E-state index in [1.165, 1.54) is 12.1 Å². The molecule has 0 bridgehead atoms. The monoisotopic (exact) mass is 419 g/mol. The number of hydrogen-bond donors (Lipinski definition) is 3. The number of imide groups is 1. The van der Waals surface area contributed by atoms with E-state index in [9.17, 15) is 22.8 Å². The van der Waals surface area contributed by atoms with Gasteiger partial charge in [0.2, 0.25) is 16.1 Å². The zero-order valence-corrected chi connectivity index (χ0v) is 16.4. The summed E-state index contributed by atoms with van der Waals surface area (Å²) in [5, 5.41) is 4.47. The minimum Gasteiger partial charge on any atom is -0.446 e. The van der Waals surface area contributed by atoms with E-state index in [0.29, 0.717) is 12.1 Å². The fourth-order valence-corrected chi connectivity index (χ4v) is 3.28. The van der Waals surface area contributed by atoms with Crippen LogP contribution in [0.3, 0.4) is 0 Å². The summed E-state index contributed by atoms with van der Waals surface area (Å²) in [6.45, 7) is 1.29. The molecule has 10 heteroatoms. The van der Waals surface area contributed by atoms with Crippen LogP contribution < -0.4 is 15.4 Å². The van der Waals surface area contributed by atoms with Crippen LogP contribution in [-0.4, -0.2) is 39.4 Å². The Bertz CT molecular complexity index is 948. The van der Waals surface area contributed by atoms with Crippen molar-refractivity contribution in [1.82, 2.24) is 15.4 Å². The summed E-state index contributed by atoms with van der Waals surface area (Å²) >= 11 is 0. The van der Waals surface area contributed by atoms with Gasteiger partial charge in [-0.2, -0.15) is 4.72 Å². The second-order valence-corrected chi connectivity index (χ2v) is 7.53. The SMILES string of the molecule is CCNC(=O)NC(=O)[C@H](OC(=O)CNS(=O)(=O)c1ccccc1)c1ccccc1. The summed E-state index contributed by atoms with van der Waals surface area (Å²) in [7, 11) is -3.92. The summed E-state index contributed by atoms with van der Waals surface area (Å²) in [6, 6.07) is 14.8. The van der Waals surface area contributed by atoms with Crippen molar-refractivity contribution in [3.63, 3.8) is 0 Å². The predicted molar refractivity (Wildman–Crippen MR) is 104 cm³/mol. The molecule has 0 aromatic heterocycles. The molecule has 0 saturated carbocycles. The van der Waals surface area contributed by atoms with Crippen LogP contribution in [0, 0.1) is 0 Å². The highest BCUT2D eigenvalue weighted by Gasteiger charge is 2.27. The molecule has 0 heterocycles. The Morgan fingerprint density at radius 3 is 2.14 bits per heavy atom. The van der Waals surface area contributed by atoms with Crippen molar-refractivity contribution in [2.24, 2.45) is 0 Å². The number of nitrogens with one attached hydrogen (secondary N) is 3. The standard InChI is InChI=1S/C19H21N3O6S/c1-2-20-19(25)22-18(24)17(14-9-5-3-6-10-14)28-16(23)13-21-29(26,27)15-11-7-4-8-12-15/h3-12,17,21H,2,13H2,1H3,(H2,20,22,24,25)/t17-/m1/s1. The number of carbonyl (C=O) groups is 3. The lowest BCUT2D eigenvalue weighted by Gasteiger charge is -2.18. The van der Waals surface area contributed by atoms with Gasteiger partial charge in [-0.1, -0.05) is 48.5 Å². The maximum atomic E-state index is 12.4. The smallest absolute Gasteiger partial charge is 0.322 e. The van der Waals surface area contributed by atoms with Crippen molar-refractivity contribution < 1.29 is 27.5 Å². The third-order valence-corrected chi connectivity index (χ3v) is 5.04. The van der Waals surface area contributed by atoms with Crippen LogP contribution in [0.5, 0.6) is 0 Å². The molecule has 2 aromatic rings. The van der Waals surface area contributed by atoms with Crippen molar-refractivity contribution in [1.29, 1.82) is 0 Å². The first-order valence-electron chi connectivity index (χ1n) is 8.71. The van der Waals surface area contributed by atoms with Crippen molar-refractivity contribution >= 4 is 27.9 Å². The average molecular weight is 419 g/mol. The van der Waals surface area contributed by atoms with Crippen LogP contribution in [-0.2, 0) is 24.3 Å². The molecule has 0 spiro atoms. The molecule has 0 aliphatic carbocycles. The van der Waals surface area contributed by atoms with Gasteiger partial charge in [-0.15, -0.1) is 0 Å². The summed E-state index contributed by atoms with van der Waals surface area (Å²) in [5.41, 5.74) is 0.327. The Kier molecular flexibility index (Phi) is 7.87. The van der Waals surface area contributed by atoms with E-state index in [4.69, 9.17) is 4.74 Å². The first-order valence-corrected chi connectivity index (χ1v) is 10.2. The number of ether oxygens (including phenoxy) is 1. The Balaban J connectivity index is 2.07. The topological polar surface area (TPSA) is 131 Å². The van der Waals surface area contributed by atoms with Crippen LogP contribution in [0.15, 0.2) is 65.6 Å². The molecule has 0 radical (unpaired) electrons. The highest BCUT2D eigenvalue weighted by atomic mass is 32.2. The molecule has 154 valence electrons. The van der Waals surface area contributed by atoms with Crippen molar-refractivity contribution in [2.45, 2.75) is 17.9 Å². The van der Waals surface area contributed by atoms with E-state index >= 15 is 0 Å². The number of rotatable bonds is 8. The maximum absolute atomic E-state index is 12.4. The van der Waals surface area contributed by atoms with Gasteiger partial charge in [-0.05, 0) is 19.1 Å². The number of hydrogen-bond acceptors (Lipinski definition) is 6. The molecular formula is C19H21N3O6S. The molecule has 9 nitrogen and oxygen atoms in total. The summed E-state index contributed by atoms with van der Waals surface area (Å²) in [5.74, 6) is -1.84. The van der Waals surface area contributed by atoms with Crippen molar-refractivity contribution in [2.75, 3.05) is 13.1 Å². The van der Waals surface area contributed by atoms with Gasteiger partial charge in [0, 0.05) is 12.1 Å². The Labute approximate surface area is 168 Å². The van der Waals surface area contributed by atoms with E-state index in [0.717, 1.165) is 0 Å². The maximum Gasteiger partial charge on any atom is 0.322 e. The minimum absolute atomic E-state index is 0.0126. The van der Waals surface area contributed by atoms with E-state index < -0.39 is 40.6 Å². The number of amides is 3. The summed E-state index contributed by atoms with van der Waals surface area (Å²) in [4.78, 5) is 36.2. The predicted octanol–water partition coefficient (Wildman–Crippen LogP) is 1.10. The normalized spacial score (nSPS) is 11.9. The molecule has 0 fully saturated rings. The molecule has 29 heavy (non-hydrogen) atoms. The molecule has 0 saturated heterocycles. The summed E-state index contributed by atoms with van der Waals surface area (Å²) in [6.07, 6.45) is -1.42. The number of urea groups is 1. The van der Waals surface area contributed by atoms with Crippen LogP contribution in [0.4, 0.5) is 4.79 Å². The molecule has 2 aromatic carbocycles. The third-order valence-electron chi connectivity index (χ3n) is 3.62. The number of benzene rings is 2. The van der Waals surface area contributed by atoms with Gasteiger partial charge in [0.05, 0.1) is 4.90 Å². The second kappa shape index (κ2) is 10.3. The zero-order valence-electron chi connectivity index (χ0n) is 15.6. The average Bonchev–Trinajstić information content (AvgIpc) is 2.72. The zero-order chi connectivity index (χ0) is 21.3. The minimum atomic E-state index is -3.92. The molecule has 3 N–H and O–H groups in total. The highest BCUT2D eigenvalue weighted by molar-refractivity contribution is 7.89. The van der Waals surface area contributed by atoms with E-state index in [1.807, 2.05) is 0 Å². The van der Waals surface area contributed by atoms with E-state index in [2.05, 4.69) is 15.4 Å². The molecule has 1 atom stereocenters. The lowest BCUT2D eigenvalue weighted by atomic mass is 10.1. The lowest BCUT2D eigenvalue weighted by molar-refractivity contribution is -0.155. The molecule has 0 unspecified atom stereocenters. The van der Waals surface area contributed by atoms with Gasteiger partial charge in [-0.3, -0.25) is 14.9 Å². The molecule has 2 rings (SSSR count). The Hall–Kier alpha value is -3.24. The van der Waals surface area contributed by atoms with E-state index in [-0.39, 0.29) is 4.90 Å². The van der Waals surface area contributed by atoms with Gasteiger partial charge in [0.25, 0.3) is 5.91 Å². The number of sulfonamides is 1. The number of esters is 1. The Morgan fingerprint density at radius 1 is 0.966 bits per heavy atom. The first kappa shape index (κ1) is 22.1. The fourth-order valence-electron chi connectivity index (χ4n) is 2.29. The van der Waals surface area contributed by atoms with Crippen LogP contribution in [0.25, 0.3) is 0 Å². The van der Waals surface area contributed by atoms with Crippen LogP contribution >= 0.6 is 0 Å². The molecule has 0 aliphatic heterocycles. The van der Waals surface area contributed by atoms with Gasteiger partial charge in [0.1, 0.15) is 6.54 Å². The molecule has 0 aliphatic rings. The van der Waals surface area contributed by atoms with Gasteiger partial charge >= 0.3 is 12.0 Å². The molecular weight excluding hydrogens is 398 g/mol. The number of carbonyl (C=O) groups excluding carboxylic acids is 3. The van der Waals surface area contributed by atoms with E-state index in [1.54, 1.807) is 55.5 Å². The second-order valence-electron chi connectivity index (χ2n) is 5.77. The van der Waals surface area contributed by atoms with Gasteiger partial charge in [0.15, 0.2) is 0 Å². The van der Waals surface area contributed by atoms with Crippen LogP contribution in [0.1, 0.15) is 18.6 Å².